The summed E-state index contributed by atoms with van der Waals surface area (Å²) in [5.41, 5.74) is 4.69. The van der Waals surface area contributed by atoms with Crippen molar-refractivity contribution >= 4 is 22.6 Å². The highest BCUT2D eigenvalue weighted by molar-refractivity contribution is 6.05. The molecular formula is C24H24N4O3. The number of hydrogen-bond donors (Lipinski definition) is 1. The number of nitrogens with one attached hydrogen (secondary N) is 1. The Morgan fingerprint density at radius 3 is 2.26 bits per heavy atom. The maximum Gasteiger partial charge on any atom is 0.255 e. The van der Waals surface area contributed by atoms with E-state index in [1.54, 1.807) is 36.2 Å². The monoisotopic (exact) mass is 416 g/mol. The summed E-state index contributed by atoms with van der Waals surface area (Å²) in [7, 11) is 3.09. The van der Waals surface area contributed by atoms with Crippen molar-refractivity contribution < 1.29 is 14.3 Å². The average Bonchev–Trinajstić information content (AvgIpc) is 3.22. The number of carbonyl (C=O) groups is 1. The Balaban J connectivity index is 1.56. The molecule has 1 aromatic heterocycles. The predicted octanol–water partition coefficient (Wildman–Crippen LogP) is 4.81. The van der Waals surface area contributed by atoms with Crippen molar-refractivity contribution in [1.29, 1.82) is 0 Å². The van der Waals surface area contributed by atoms with Crippen LogP contribution in [0.5, 0.6) is 11.5 Å². The molecule has 0 atom stereocenters. The fourth-order valence-electron chi connectivity index (χ4n) is 3.28. The zero-order chi connectivity index (χ0) is 22.0. The van der Waals surface area contributed by atoms with Gasteiger partial charge in [0, 0.05) is 11.3 Å². The van der Waals surface area contributed by atoms with Gasteiger partial charge in [0.15, 0.2) is 11.5 Å². The van der Waals surface area contributed by atoms with Gasteiger partial charge in [0.25, 0.3) is 5.91 Å². The predicted molar refractivity (Wildman–Crippen MR) is 120 cm³/mol. The molecule has 1 N–H and O–H groups in total. The van der Waals surface area contributed by atoms with Crippen LogP contribution in [0, 0.1) is 0 Å². The SMILES string of the molecule is COc1ccc(C(=O)Nc2ccc3nn(-c4ccc(C(C)C)cc4)nc3c2)cc1OC. The van der Waals surface area contributed by atoms with Crippen molar-refractivity contribution in [2.75, 3.05) is 19.5 Å². The van der Waals surface area contributed by atoms with E-state index in [2.05, 4.69) is 41.5 Å². The Hall–Kier alpha value is -3.87. The van der Waals surface area contributed by atoms with Gasteiger partial charge in [0.1, 0.15) is 11.0 Å². The Morgan fingerprint density at radius 2 is 1.58 bits per heavy atom. The zero-order valence-electron chi connectivity index (χ0n) is 17.9. The van der Waals surface area contributed by atoms with Crippen molar-refractivity contribution in [3.8, 4) is 17.2 Å². The molecule has 0 aliphatic carbocycles. The second-order valence-electron chi connectivity index (χ2n) is 7.46. The van der Waals surface area contributed by atoms with Gasteiger partial charge in [-0.1, -0.05) is 26.0 Å². The van der Waals surface area contributed by atoms with Crippen LogP contribution in [0.2, 0.25) is 0 Å². The summed E-state index contributed by atoms with van der Waals surface area (Å²) in [6.07, 6.45) is 0. The van der Waals surface area contributed by atoms with Crippen molar-refractivity contribution in [2.45, 2.75) is 19.8 Å². The number of carbonyl (C=O) groups excluding carboxylic acids is 1. The van der Waals surface area contributed by atoms with Crippen molar-refractivity contribution in [3.05, 3.63) is 71.8 Å². The van der Waals surface area contributed by atoms with Gasteiger partial charge < -0.3 is 14.8 Å². The lowest BCUT2D eigenvalue weighted by atomic mass is 10.0. The van der Waals surface area contributed by atoms with Gasteiger partial charge in [0.2, 0.25) is 0 Å². The highest BCUT2D eigenvalue weighted by Crippen LogP contribution is 2.28. The number of anilines is 1. The summed E-state index contributed by atoms with van der Waals surface area (Å²) < 4.78 is 10.5. The first-order valence-electron chi connectivity index (χ1n) is 9.99. The molecule has 0 aliphatic heterocycles. The van der Waals surface area contributed by atoms with Crippen molar-refractivity contribution in [2.24, 2.45) is 0 Å². The molecule has 0 saturated heterocycles. The Morgan fingerprint density at radius 1 is 0.871 bits per heavy atom. The van der Waals surface area contributed by atoms with Crippen molar-refractivity contribution in [1.82, 2.24) is 15.0 Å². The average molecular weight is 416 g/mol. The van der Waals surface area contributed by atoms with E-state index in [0.717, 1.165) is 11.2 Å². The van der Waals surface area contributed by atoms with Gasteiger partial charge in [-0.25, -0.2) is 0 Å². The van der Waals surface area contributed by atoms with Crippen LogP contribution in [0.25, 0.3) is 16.7 Å². The van der Waals surface area contributed by atoms with Gasteiger partial charge in [-0.15, -0.1) is 10.2 Å². The summed E-state index contributed by atoms with van der Waals surface area (Å²) >= 11 is 0. The Labute approximate surface area is 180 Å². The molecule has 0 aliphatic rings. The fourth-order valence-corrected chi connectivity index (χ4v) is 3.28. The van der Waals surface area contributed by atoms with Crippen molar-refractivity contribution in [3.63, 3.8) is 0 Å². The van der Waals surface area contributed by atoms with E-state index in [1.807, 2.05) is 24.3 Å². The minimum atomic E-state index is -0.253. The maximum absolute atomic E-state index is 12.7. The van der Waals surface area contributed by atoms with Gasteiger partial charge in [0.05, 0.1) is 19.9 Å². The van der Waals surface area contributed by atoms with E-state index < -0.39 is 0 Å². The summed E-state index contributed by atoms with van der Waals surface area (Å²) in [5, 5.41) is 12.0. The third-order valence-electron chi connectivity index (χ3n) is 5.07. The van der Waals surface area contributed by atoms with Crippen LogP contribution in [0.1, 0.15) is 35.7 Å². The van der Waals surface area contributed by atoms with Crippen LogP contribution >= 0.6 is 0 Å². The van der Waals surface area contributed by atoms with Crippen LogP contribution in [0.4, 0.5) is 5.69 Å². The molecule has 0 bridgehead atoms. The second kappa shape index (κ2) is 8.47. The molecule has 31 heavy (non-hydrogen) atoms. The van der Waals surface area contributed by atoms with Gasteiger partial charge >= 0.3 is 0 Å². The molecule has 4 aromatic rings. The van der Waals surface area contributed by atoms with Gasteiger partial charge in [-0.3, -0.25) is 4.79 Å². The molecule has 158 valence electrons. The molecule has 0 unspecified atom stereocenters. The van der Waals surface area contributed by atoms with E-state index in [1.165, 1.54) is 12.7 Å². The number of benzene rings is 3. The van der Waals surface area contributed by atoms with E-state index in [9.17, 15) is 4.79 Å². The molecule has 0 fully saturated rings. The zero-order valence-corrected chi connectivity index (χ0v) is 17.9. The summed E-state index contributed by atoms with van der Waals surface area (Å²) in [4.78, 5) is 14.3. The van der Waals surface area contributed by atoms with Crippen LogP contribution in [-0.4, -0.2) is 35.1 Å². The van der Waals surface area contributed by atoms with Gasteiger partial charge in [-0.05, 0) is 60.0 Å². The summed E-state index contributed by atoms with van der Waals surface area (Å²) in [6.45, 7) is 4.32. The lowest BCUT2D eigenvalue weighted by Gasteiger charge is -2.10. The highest BCUT2D eigenvalue weighted by Gasteiger charge is 2.12. The van der Waals surface area contributed by atoms with E-state index in [-0.39, 0.29) is 5.91 Å². The largest absolute Gasteiger partial charge is 0.493 e. The number of ether oxygens (including phenoxy) is 2. The third kappa shape index (κ3) is 4.21. The Kier molecular flexibility index (Phi) is 5.58. The minimum absolute atomic E-state index is 0.253. The first-order chi connectivity index (χ1) is 15.0. The first kappa shape index (κ1) is 20.4. The molecule has 0 radical (unpaired) electrons. The van der Waals surface area contributed by atoms with Crippen LogP contribution in [0.3, 0.4) is 0 Å². The number of methoxy groups -OCH3 is 2. The normalized spacial score (nSPS) is 11.0. The topological polar surface area (TPSA) is 78.3 Å². The molecule has 1 heterocycles. The number of aromatic nitrogens is 3. The fraction of sp³-hybridized carbons (Fsp3) is 0.208. The smallest absolute Gasteiger partial charge is 0.255 e. The van der Waals surface area contributed by atoms with Crippen LogP contribution < -0.4 is 14.8 Å². The lowest BCUT2D eigenvalue weighted by Crippen LogP contribution is -2.12. The molecular weight excluding hydrogens is 392 g/mol. The standard InChI is InChI=1S/C24H24N4O3/c1-15(2)16-5-9-19(10-6-16)28-26-20-11-8-18(14-21(20)27-28)25-24(29)17-7-12-22(30-3)23(13-17)31-4/h5-15H,1-4H3,(H,25,29). The third-order valence-corrected chi connectivity index (χ3v) is 5.07. The number of rotatable bonds is 6. The first-order valence-corrected chi connectivity index (χ1v) is 9.99. The minimum Gasteiger partial charge on any atom is -0.493 e. The maximum atomic E-state index is 12.7. The number of hydrogen-bond acceptors (Lipinski definition) is 5. The molecule has 7 heteroatoms. The molecule has 3 aromatic carbocycles. The summed E-state index contributed by atoms with van der Waals surface area (Å²) in [5.74, 6) is 1.28. The lowest BCUT2D eigenvalue weighted by molar-refractivity contribution is 0.102. The van der Waals surface area contributed by atoms with Crippen LogP contribution in [-0.2, 0) is 0 Å². The number of nitrogens with zero attached hydrogens (tertiary/aromatic N) is 3. The molecule has 0 saturated carbocycles. The van der Waals surface area contributed by atoms with Gasteiger partial charge in [-0.2, -0.15) is 4.80 Å². The van der Waals surface area contributed by atoms with Crippen LogP contribution in [0.15, 0.2) is 60.7 Å². The van der Waals surface area contributed by atoms with E-state index >= 15 is 0 Å². The molecule has 4 rings (SSSR count). The summed E-state index contributed by atoms with van der Waals surface area (Å²) in [6, 6.07) is 18.7. The molecule has 7 nitrogen and oxygen atoms in total. The second-order valence-corrected chi connectivity index (χ2v) is 7.46. The number of fused-ring (bicyclic) bond motifs is 1. The Bertz CT molecular complexity index is 1230. The highest BCUT2D eigenvalue weighted by atomic mass is 16.5. The quantitative estimate of drug-likeness (QED) is 0.488. The van der Waals surface area contributed by atoms with E-state index in [0.29, 0.717) is 34.2 Å². The molecule has 0 spiro atoms. The number of amides is 1. The molecule has 1 amide bonds. The van der Waals surface area contributed by atoms with E-state index in [4.69, 9.17) is 9.47 Å².